The second kappa shape index (κ2) is 5.83. The Bertz CT molecular complexity index is 699. The highest BCUT2D eigenvalue weighted by atomic mass is 16.4. The van der Waals surface area contributed by atoms with Crippen LogP contribution in [0.25, 0.3) is 10.9 Å². The molecule has 1 aliphatic rings. The largest absolute Gasteiger partial charge is 0.481 e. The van der Waals surface area contributed by atoms with Crippen molar-refractivity contribution in [3.8, 4) is 0 Å². The lowest BCUT2D eigenvalue weighted by molar-refractivity contribution is -0.150. The zero-order valence-electron chi connectivity index (χ0n) is 12.4. The van der Waals surface area contributed by atoms with Crippen LogP contribution >= 0.6 is 0 Å². The van der Waals surface area contributed by atoms with E-state index in [1.807, 2.05) is 24.4 Å². The van der Waals surface area contributed by atoms with Gasteiger partial charge in [-0.2, -0.15) is 0 Å². The van der Waals surface area contributed by atoms with Crippen LogP contribution in [0.2, 0.25) is 0 Å². The molecule has 0 unspecified atom stereocenters. The van der Waals surface area contributed by atoms with E-state index in [4.69, 9.17) is 0 Å². The number of carboxylic acids is 1. The lowest BCUT2D eigenvalue weighted by atomic mass is 9.74. The SMILES string of the molecule is O=C(NCC1(C(=O)O)CCCCC1)c1ccc2[nH]ccc2c1. The molecule has 3 N–H and O–H groups in total. The van der Waals surface area contributed by atoms with Gasteiger partial charge in [0.1, 0.15) is 0 Å². The zero-order valence-corrected chi connectivity index (χ0v) is 12.4. The second-order valence-corrected chi connectivity index (χ2v) is 6.11. The van der Waals surface area contributed by atoms with E-state index in [-0.39, 0.29) is 12.5 Å². The fourth-order valence-electron chi connectivity index (χ4n) is 3.24. The number of carbonyl (C=O) groups excluding carboxylic acids is 1. The van der Waals surface area contributed by atoms with Gasteiger partial charge in [-0.1, -0.05) is 19.3 Å². The molecule has 2 aromatic rings. The first-order valence-corrected chi connectivity index (χ1v) is 7.69. The van der Waals surface area contributed by atoms with Crippen molar-refractivity contribution in [1.29, 1.82) is 0 Å². The third-order valence-corrected chi connectivity index (χ3v) is 4.67. The van der Waals surface area contributed by atoms with Crippen molar-refractivity contribution < 1.29 is 14.7 Å². The number of aliphatic carboxylic acids is 1. The Morgan fingerprint density at radius 1 is 1.18 bits per heavy atom. The van der Waals surface area contributed by atoms with Gasteiger partial charge in [0, 0.05) is 29.2 Å². The number of fused-ring (bicyclic) bond motifs is 1. The van der Waals surface area contributed by atoms with E-state index in [1.54, 1.807) is 6.07 Å². The molecule has 5 heteroatoms. The van der Waals surface area contributed by atoms with Crippen LogP contribution in [-0.4, -0.2) is 28.5 Å². The van der Waals surface area contributed by atoms with Gasteiger partial charge < -0.3 is 15.4 Å². The highest BCUT2D eigenvalue weighted by Crippen LogP contribution is 2.36. The van der Waals surface area contributed by atoms with Crippen LogP contribution < -0.4 is 5.32 Å². The fraction of sp³-hybridized carbons (Fsp3) is 0.412. The smallest absolute Gasteiger partial charge is 0.311 e. The lowest BCUT2D eigenvalue weighted by Crippen LogP contribution is -2.44. The van der Waals surface area contributed by atoms with Crippen LogP contribution in [0.5, 0.6) is 0 Å². The number of hydrogen-bond donors (Lipinski definition) is 3. The van der Waals surface area contributed by atoms with Crippen LogP contribution in [0.3, 0.4) is 0 Å². The van der Waals surface area contributed by atoms with Gasteiger partial charge in [-0.25, -0.2) is 0 Å². The van der Waals surface area contributed by atoms with Gasteiger partial charge in [0.25, 0.3) is 5.91 Å². The zero-order chi connectivity index (χ0) is 15.6. The summed E-state index contributed by atoms with van der Waals surface area (Å²) in [4.78, 5) is 27.0. The van der Waals surface area contributed by atoms with E-state index in [2.05, 4.69) is 10.3 Å². The molecular weight excluding hydrogens is 280 g/mol. The number of H-pyrrole nitrogens is 1. The first kappa shape index (κ1) is 14.6. The second-order valence-electron chi connectivity index (χ2n) is 6.11. The molecule has 1 fully saturated rings. The average molecular weight is 300 g/mol. The average Bonchev–Trinajstić information content (AvgIpc) is 3.01. The summed E-state index contributed by atoms with van der Waals surface area (Å²) in [5, 5.41) is 13.3. The van der Waals surface area contributed by atoms with Crippen LogP contribution in [0.1, 0.15) is 42.5 Å². The third kappa shape index (κ3) is 2.71. The summed E-state index contributed by atoms with van der Waals surface area (Å²) in [6.45, 7) is 0.201. The topological polar surface area (TPSA) is 82.2 Å². The number of carbonyl (C=O) groups is 2. The Kier molecular flexibility index (Phi) is 3.88. The van der Waals surface area contributed by atoms with Gasteiger partial charge in [0.2, 0.25) is 0 Å². The normalized spacial score (nSPS) is 17.3. The van der Waals surface area contributed by atoms with E-state index in [9.17, 15) is 14.7 Å². The van der Waals surface area contributed by atoms with Crippen molar-refractivity contribution in [2.45, 2.75) is 32.1 Å². The number of carboxylic acid groups (broad SMARTS) is 1. The van der Waals surface area contributed by atoms with Crippen LogP contribution in [0.4, 0.5) is 0 Å². The summed E-state index contributed by atoms with van der Waals surface area (Å²) in [5.74, 6) is -1.01. The maximum Gasteiger partial charge on any atom is 0.311 e. The molecule has 0 radical (unpaired) electrons. The van der Waals surface area contributed by atoms with Crippen molar-refractivity contribution in [2.24, 2.45) is 5.41 Å². The summed E-state index contributed by atoms with van der Waals surface area (Å²) in [7, 11) is 0. The summed E-state index contributed by atoms with van der Waals surface area (Å²) in [5.41, 5.74) is 0.737. The van der Waals surface area contributed by atoms with E-state index in [1.165, 1.54) is 0 Å². The van der Waals surface area contributed by atoms with Gasteiger partial charge in [0.15, 0.2) is 0 Å². The Labute approximate surface area is 128 Å². The number of aromatic nitrogens is 1. The molecule has 0 aliphatic heterocycles. The molecule has 1 aromatic carbocycles. The van der Waals surface area contributed by atoms with E-state index in [0.717, 1.165) is 30.2 Å². The Balaban J connectivity index is 1.71. The highest BCUT2D eigenvalue weighted by molar-refractivity contribution is 5.98. The molecule has 0 saturated heterocycles. The number of rotatable bonds is 4. The van der Waals surface area contributed by atoms with E-state index < -0.39 is 11.4 Å². The maximum absolute atomic E-state index is 12.3. The quantitative estimate of drug-likeness (QED) is 0.812. The number of nitrogens with one attached hydrogen (secondary N) is 2. The molecule has 5 nitrogen and oxygen atoms in total. The van der Waals surface area contributed by atoms with Crippen molar-refractivity contribution in [2.75, 3.05) is 6.54 Å². The minimum atomic E-state index is -0.800. The number of hydrogen-bond acceptors (Lipinski definition) is 2. The molecule has 3 rings (SSSR count). The predicted octanol–water partition coefficient (Wildman–Crippen LogP) is 2.93. The van der Waals surface area contributed by atoms with E-state index in [0.29, 0.717) is 18.4 Å². The Morgan fingerprint density at radius 3 is 2.68 bits per heavy atom. The molecule has 22 heavy (non-hydrogen) atoms. The molecule has 0 atom stereocenters. The fourth-order valence-corrected chi connectivity index (χ4v) is 3.24. The summed E-state index contributed by atoms with van der Waals surface area (Å²) >= 11 is 0. The van der Waals surface area contributed by atoms with Crippen molar-refractivity contribution >= 4 is 22.8 Å². The molecule has 1 saturated carbocycles. The van der Waals surface area contributed by atoms with Gasteiger partial charge in [0.05, 0.1) is 5.41 Å². The van der Waals surface area contributed by atoms with Crippen molar-refractivity contribution in [3.63, 3.8) is 0 Å². The number of amides is 1. The predicted molar refractivity (Wildman–Crippen MR) is 83.8 cm³/mol. The lowest BCUT2D eigenvalue weighted by Gasteiger charge is -2.33. The first-order chi connectivity index (χ1) is 10.6. The maximum atomic E-state index is 12.3. The van der Waals surface area contributed by atoms with Crippen molar-refractivity contribution in [1.82, 2.24) is 10.3 Å². The van der Waals surface area contributed by atoms with Gasteiger partial charge in [-0.3, -0.25) is 9.59 Å². The molecular formula is C17H20N2O3. The molecule has 1 heterocycles. The van der Waals surface area contributed by atoms with Gasteiger partial charge in [-0.15, -0.1) is 0 Å². The first-order valence-electron chi connectivity index (χ1n) is 7.69. The standard InChI is InChI=1S/C17H20N2O3/c20-15(13-4-5-14-12(10-13)6-9-18-14)19-11-17(16(21)22)7-2-1-3-8-17/h4-6,9-10,18H,1-3,7-8,11H2,(H,19,20)(H,21,22). The molecule has 1 amide bonds. The number of benzene rings is 1. The molecule has 0 spiro atoms. The van der Waals surface area contributed by atoms with Crippen molar-refractivity contribution in [3.05, 3.63) is 36.0 Å². The molecule has 116 valence electrons. The summed E-state index contributed by atoms with van der Waals surface area (Å²) < 4.78 is 0. The highest BCUT2D eigenvalue weighted by Gasteiger charge is 2.39. The van der Waals surface area contributed by atoms with E-state index >= 15 is 0 Å². The Hall–Kier alpha value is -2.30. The molecule has 1 aromatic heterocycles. The van der Waals surface area contributed by atoms with Gasteiger partial charge >= 0.3 is 5.97 Å². The summed E-state index contributed by atoms with van der Waals surface area (Å²) in [6.07, 6.45) is 6.01. The van der Waals surface area contributed by atoms with Crippen LogP contribution in [-0.2, 0) is 4.79 Å². The molecule has 1 aliphatic carbocycles. The summed E-state index contributed by atoms with van der Waals surface area (Å²) in [6, 6.07) is 7.34. The molecule has 0 bridgehead atoms. The third-order valence-electron chi connectivity index (χ3n) is 4.67. The minimum absolute atomic E-state index is 0.201. The monoisotopic (exact) mass is 300 g/mol. The van der Waals surface area contributed by atoms with Crippen LogP contribution in [0.15, 0.2) is 30.5 Å². The van der Waals surface area contributed by atoms with Gasteiger partial charge in [-0.05, 0) is 37.1 Å². The number of aromatic amines is 1. The Morgan fingerprint density at radius 2 is 1.95 bits per heavy atom. The minimum Gasteiger partial charge on any atom is -0.481 e. The van der Waals surface area contributed by atoms with Crippen LogP contribution in [0, 0.1) is 5.41 Å².